The van der Waals surface area contributed by atoms with Gasteiger partial charge in [-0.3, -0.25) is 14.3 Å². The SMILES string of the molecule is CCCCN(CCCC)C(=O)c1cc(C)n(-c2ccc(N[SiH2]c3cccc(-c4ccn(C)n4)c3)cc2C(=O)N2Cc3ccccc3CC2CO)n1. The van der Waals surface area contributed by atoms with Gasteiger partial charge in [0.1, 0.15) is 0 Å². The third-order valence-electron chi connectivity index (χ3n) is 9.67. The zero-order valence-electron chi connectivity index (χ0n) is 30.2. The summed E-state index contributed by atoms with van der Waals surface area (Å²) in [6.07, 6.45) is 6.40. The van der Waals surface area contributed by atoms with E-state index in [1.165, 1.54) is 5.19 Å². The average molecular weight is 704 g/mol. The molecule has 1 aliphatic heterocycles. The number of hydrogen-bond donors (Lipinski definition) is 2. The Morgan fingerprint density at radius 2 is 1.71 bits per heavy atom. The van der Waals surface area contributed by atoms with Gasteiger partial charge in [0.25, 0.3) is 11.8 Å². The minimum atomic E-state index is -0.982. The Kier molecular flexibility index (Phi) is 11.5. The van der Waals surface area contributed by atoms with E-state index in [2.05, 4.69) is 54.3 Å². The third-order valence-corrected chi connectivity index (χ3v) is 11.1. The van der Waals surface area contributed by atoms with Crippen molar-refractivity contribution >= 4 is 32.4 Å². The van der Waals surface area contributed by atoms with Gasteiger partial charge >= 0.3 is 0 Å². The fourth-order valence-electron chi connectivity index (χ4n) is 6.76. The first-order valence-corrected chi connectivity index (χ1v) is 19.5. The van der Waals surface area contributed by atoms with Crippen LogP contribution < -0.4 is 10.2 Å². The number of amides is 2. The second-order valence-electron chi connectivity index (χ2n) is 13.5. The zero-order chi connectivity index (χ0) is 35.9. The van der Waals surface area contributed by atoms with Gasteiger partial charge in [-0.15, -0.1) is 0 Å². The molecule has 6 rings (SSSR count). The molecule has 0 saturated heterocycles. The van der Waals surface area contributed by atoms with Crippen molar-refractivity contribution in [2.24, 2.45) is 7.05 Å². The van der Waals surface area contributed by atoms with Crippen LogP contribution in [-0.4, -0.2) is 81.7 Å². The quantitative estimate of drug-likeness (QED) is 0.158. The summed E-state index contributed by atoms with van der Waals surface area (Å²) in [5, 5.41) is 21.1. The molecule has 3 heterocycles. The zero-order valence-corrected chi connectivity index (χ0v) is 31.6. The highest BCUT2D eigenvalue weighted by molar-refractivity contribution is 6.57. The van der Waals surface area contributed by atoms with Gasteiger partial charge in [0.2, 0.25) is 0 Å². The first-order chi connectivity index (χ1) is 24.8. The minimum absolute atomic E-state index is 0.0863. The average Bonchev–Trinajstić information content (AvgIpc) is 3.78. The molecule has 1 unspecified atom stereocenters. The van der Waals surface area contributed by atoms with Crippen LogP contribution in [0.5, 0.6) is 0 Å². The molecule has 2 amide bonds. The van der Waals surface area contributed by atoms with E-state index in [1.807, 2.05) is 73.6 Å². The van der Waals surface area contributed by atoms with Gasteiger partial charge in [-0.05, 0) is 72.8 Å². The summed E-state index contributed by atoms with van der Waals surface area (Å²) < 4.78 is 3.52. The lowest BCUT2D eigenvalue weighted by Gasteiger charge is -2.36. The van der Waals surface area contributed by atoms with E-state index in [4.69, 9.17) is 5.10 Å². The van der Waals surface area contributed by atoms with E-state index in [0.717, 1.165) is 59.4 Å². The molecule has 3 aromatic carbocycles. The summed E-state index contributed by atoms with van der Waals surface area (Å²) in [4.78, 5) is 35.8. The number of nitrogens with one attached hydrogen (secondary N) is 1. The summed E-state index contributed by atoms with van der Waals surface area (Å²) >= 11 is 0. The van der Waals surface area contributed by atoms with Crippen LogP contribution in [0.25, 0.3) is 16.9 Å². The fraction of sp³-hybridized carbons (Fsp3) is 0.350. The normalized spacial score (nSPS) is 14.2. The first kappa shape index (κ1) is 35.8. The van der Waals surface area contributed by atoms with Gasteiger partial charge in [0.15, 0.2) is 15.4 Å². The smallest absolute Gasteiger partial charge is 0.274 e. The molecule has 0 fully saturated rings. The summed E-state index contributed by atoms with van der Waals surface area (Å²) in [6.45, 7) is 7.82. The molecule has 0 bridgehead atoms. The molecule has 0 radical (unpaired) electrons. The Bertz CT molecular complexity index is 1980. The number of aromatic nitrogens is 4. The molecular formula is C40H49N7O3Si. The summed E-state index contributed by atoms with van der Waals surface area (Å²) in [7, 11) is 0.931. The van der Waals surface area contributed by atoms with Crippen molar-refractivity contribution in [1.29, 1.82) is 0 Å². The van der Waals surface area contributed by atoms with Crippen molar-refractivity contribution in [2.75, 3.05) is 24.7 Å². The number of carbonyl (C=O) groups is 2. The summed E-state index contributed by atoms with van der Waals surface area (Å²) in [6, 6.07) is 25.8. The number of aliphatic hydroxyl groups is 1. The van der Waals surface area contributed by atoms with Crippen LogP contribution in [0, 0.1) is 6.92 Å². The van der Waals surface area contributed by atoms with Crippen molar-refractivity contribution in [3.63, 3.8) is 0 Å². The molecule has 0 aliphatic carbocycles. The van der Waals surface area contributed by atoms with Gasteiger partial charge in [0.05, 0.1) is 29.6 Å². The van der Waals surface area contributed by atoms with Crippen LogP contribution in [0.4, 0.5) is 5.69 Å². The van der Waals surface area contributed by atoms with E-state index in [1.54, 1.807) is 14.3 Å². The van der Waals surface area contributed by atoms with E-state index < -0.39 is 9.68 Å². The number of fused-ring (bicyclic) bond motifs is 1. The maximum Gasteiger partial charge on any atom is 0.274 e. The molecule has 10 nitrogen and oxygen atoms in total. The summed E-state index contributed by atoms with van der Waals surface area (Å²) in [5.74, 6) is -0.270. The number of nitrogens with zero attached hydrogens (tertiary/aromatic N) is 6. The first-order valence-electron chi connectivity index (χ1n) is 18.1. The monoisotopic (exact) mass is 703 g/mol. The lowest BCUT2D eigenvalue weighted by atomic mass is 9.93. The Balaban J connectivity index is 1.34. The van der Waals surface area contributed by atoms with Crippen molar-refractivity contribution in [1.82, 2.24) is 29.4 Å². The number of benzene rings is 3. The molecule has 11 heteroatoms. The predicted octanol–water partition coefficient (Wildman–Crippen LogP) is 5.00. The Morgan fingerprint density at radius 3 is 2.41 bits per heavy atom. The van der Waals surface area contributed by atoms with Crippen molar-refractivity contribution in [3.8, 4) is 16.9 Å². The number of unbranched alkanes of at least 4 members (excludes halogenated alkanes) is 2. The lowest BCUT2D eigenvalue weighted by molar-refractivity contribution is 0.0544. The molecule has 0 spiro atoms. The highest BCUT2D eigenvalue weighted by Gasteiger charge is 2.32. The van der Waals surface area contributed by atoms with Gasteiger partial charge in [-0.1, -0.05) is 75.2 Å². The van der Waals surface area contributed by atoms with E-state index >= 15 is 0 Å². The number of hydrogen-bond acceptors (Lipinski definition) is 6. The topological polar surface area (TPSA) is 109 Å². The van der Waals surface area contributed by atoms with Crippen LogP contribution in [-0.2, 0) is 20.0 Å². The number of aryl methyl sites for hydroxylation is 2. The number of carbonyl (C=O) groups excluding carboxylic acids is 2. The van der Waals surface area contributed by atoms with E-state index in [9.17, 15) is 14.7 Å². The Morgan fingerprint density at radius 1 is 0.941 bits per heavy atom. The maximum absolute atomic E-state index is 14.7. The maximum atomic E-state index is 14.7. The standard InChI is InChI=1S/C40H49N7O3Si/c1-5-7-19-45(20-8-6-2)40(50)37-22-28(3)47(42-37)38-17-16-32(43-51-34-15-11-14-30(24-34)36-18-21-44(4)41-36)25-35(38)39(49)46-26-31-13-10-9-12-29(31)23-33(46)27-48/h9-18,21-22,24-25,33,43,48H,5-8,19-20,23,26-27,51H2,1-4H3. The second kappa shape index (κ2) is 16.3. The van der Waals surface area contributed by atoms with Crippen LogP contribution >= 0.6 is 0 Å². The lowest BCUT2D eigenvalue weighted by Crippen LogP contribution is -2.46. The van der Waals surface area contributed by atoms with Crippen LogP contribution in [0.2, 0.25) is 0 Å². The molecule has 2 N–H and O–H groups in total. The molecule has 51 heavy (non-hydrogen) atoms. The fourth-order valence-corrected chi connectivity index (χ4v) is 7.96. The summed E-state index contributed by atoms with van der Waals surface area (Å²) in [5.41, 5.74) is 7.27. The molecule has 0 saturated carbocycles. The molecule has 1 atom stereocenters. The van der Waals surface area contributed by atoms with Crippen LogP contribution in [0.3, 0.4) is 0 Å². The predicted molar refractivity (Wildman–Crippen MR) is 205 cm³/mol. The Labute approximate surface area is 303 Å². The number of aliphatic hydroxyl groups excluding tert-OH is 1. The minimum Gasteiger partial charge on any atom is -0.412 e. The van der Waals surface area contributed by atoms with Gasteiger partial charge in [-0.2, -0.15) is 10.2 Å². The number of anilines is 1. The van der Waals surface area contributed by atoms with Gasteiger partial charge in [0, 0.05) is 49.8 Å². The van der Waals surface area contributed by atoms with Crippen molar-refractivity contribution < 1.29 is 14.7 Å². The number of rotatable bonds is 14. The van der Waals surface area contributed by atoms with Crippen LogP contribution in [0.1, 0.15) is 77.2 Å². The molecule has 1 aliphatic rings. The van der Waals surface area contributed by atoms with E-state index in [-0.39, 0.29) is 24.5 Å². The highest BCUT2D eigenvalue weighted by atomic mass is 28.2. The van der Waals surface area contributed by atoms with Crippen molar-refractivity contribution in [2.45, 2.75) is 65.5 Å². The highest BCUT2D eigenvalue weighted by Crippen LogP contribution is 2.29. The van der Waals surface area contributed by atoms with E-state index in [0.29, 0.717) is 43.0 Å². The van der Waals surface area contributed by atoms with Crippen molar-refractivity contribution in [3.05, 3.63) is 113 Å². The molecule has 5 aromatic rings. The van der Waals surface area contributed by atoms with Gasteiger partial charge < -0.3 is 19.9 Å². The second-order valence-corrected chi connectivity index (χ2v) is 15.0. The largest absolute Gasteiger partial charge is 0.412 e. The molecule has 2 aromatic heterocycles. The third kappa shape index (κ3) is 8.16. The Hall–Kier alpha value is -5.00. The van der Waals surface area contributed by atoms with Gasteiger partial charge in [-0.25, -0.2) is 4.68 Å². The van der Waals surface area contributed by atoms with Crippen LogP contribution in [0.15, 0.2) is 85.1 Å². The molecule has 266 valence electrons. The molecular weight excluding hydrogens is 655 g/mol.